The second kappa shape index (κ2) is 5.15. The van der Waals surface area contributed by atoms with Gasteiger partial charge in [-0.1, -0.05) is 0 Å². The summed E-state index contributed by atoms with van der Waals surface area (Å²) < 4.78 is 0. The second-order valence-electron chi connectivity index (χ2n) is 5.60. The Morgan fingerprint density at radius 3 is 2.56 bits per heavy atom. The molecule has 4 nitrogen and oxygen atoms in total. The number of hydrogen-bond donors (Lipinski definition) is 1. The van der Waals surface area contributed by atoms with Crippen LogP contribution in [0, 0.1) is 0 Å². The summed E-state index contributed by atoms with van der Waals surface area (Å²) in [6.07, 6.45) is 1.02. The summed E-state index contributed by atoms with van der Waals surface area (Å²) in [5, 5.41) is 3.15. The Morgan fingerprint density at radius 2 is 2.06 bits per heavy atom. The Bertz CT molecular complexity index is 247. The summed E-state index contributed by atoms with van der Waals surface area (Å²) in [5.74, 6) is 0.238. The first-order chi connectivity index (χ1) is 7.36. The first-order valence-electron chi connectivity index (χ1n) is 6.01. The van der Waals surface area contributed by atoms with Crippen molar-refractivity contribution in [3.8, 4) is 0 Å². The van der Waals surface area contributed by atoms with Crippen LogP contribution >= 0.6 is 0 Å². The van der Waals surface area contributed by atoms with E-state index in [4.69, 9.17) is 0 Å². The third-order valence-corrected chi connectivity index (χ3v) is 3.37. The average Bonchev–Trinajstić information content (AvgIpc) is 2.18. The average molecular weight is 227 g/mol. The number of carbonyl (C=O) groups excluding carboxylic acids is 1. The Hall–Kier alpha value is -0.610. The van der Waals surface area contributed by atoms with E-state index in [1.807, 2.05) is 19.0 Å². The quantitative estimate of drug-likeness (QED) is 0.764. The first kappa shape index (κ1) is 13.5. The fourth-order valence-corrected chi connectivity index (χ4v) is 2.03. The monoisotopic (exact) mass is 227 g/mol. The standard InChI is InChI=1S/C12H25N3O/c1-12(2,3)15-8-10(6-7-13-4)14(5)11(16)9-15/h10,13H,6-9H2,1-5H3. The predicted molar refractivity (Wildman–Crippen MR) is 66.4 cm³/mol. The molecule has 1 aliphatic rings. The third kappa shape index (κ3) is 3.19. The molecule has 0 bridgehead atoms. The van der Waals surface area contributed by atoms with Gasteiger partial charge in [0.2, 0.25) is 5.91 Å². The summed E-state index contributed by atoms with van der Waals surface area (Å²) in [6, 6.07) is 0.341. The number of piperazine rings is 1. The highest BCUT2D eigenvalue weighted by Gasteiger charge is 2.34. The van der Waals surface area contributed by atoms with Crippen molar-refractivity contribution in [3.63, 3.8) is 0 Å². The highest BCUT2D eigenvalue weighted by molar-refractivity contribution is 5.79. The van der Waals surface area contributed by atoms with E-state index >= 15 is 0 Å². The number of nitrogens with zero attached hydrogens (tertiary/aromatic N) is 2. The maximum Gasteiger partial charge on any atom is 0.236 e. The topological polar surface area (TPSA) is 35.6 Å². The zero-order valence-corrected chi connectivity index (χ0v) is 11.2. The van der Waals surface area contributed by atoms with E-state index in [1.165, 1.54) is 0 Å². The highest BCUT2D eigenvalue weighted by atomic mass is 16.2. The summed E-state index contributed by atoms with van der Waals surface area (Å²) in [4.78, 5) is 16.1. The molecule has 1 atom stereocenters. The fourth-order valence-electron chi connectivity index (χ4n) is 2.03. The van der Waals surface area contributed by atoms with Crippen LogP contribution in [0.1, 0.15) is 27.2 Å². The molecule has 0 saturated carbocycles. The number of rotatable bonds is 3. The van der Waals surface area contributed by atoms with E-state index in [-0.39, 0.29) is 11.4 Å². The second-order valence-corrected chi connectivity index (χ2v) is 5.60. The van der Waals surface area contributed by atoms with Crippen molar-refractivity contribution in [3.05, 3.63) is 0 Å². The van der Waals surface area contributed by atoms with Crippen molar-refractivity contribution < 1.29 is 4.79 Å². The summed E-state index contributed by atoms with van der Waals surface area (Å²) in [7, 11) is 3.87. The van der Waals surface area contributed by atoms with Crippen molar-refractivity contribution in [2.24, 2.45) is 0 Å². The molecule has 1 aliphatic heterocycles. The van der Waals surface area contributed by atoms with Gasteiger partial charge in [-0.3, -0.25) is 9.69 Å². The normalized spacial score (nSPS) is 23.9. The van der Waals surface area contributed by atoms with Crippen LogP contribution in [0.2, 0.25) is 0 Å². The maximum absolute atomic E-state index is 11.9. The van der Waals surface area contributed by atoms with E-state index in [1.54, 1.807) is 0 Å². The zero-order chi connectivity index (χ0) is 12.3. The van der Waals surface area contributed by atoms with Gasteiger partial charge in [-0.25, -0.2) is 0 Å². The van der Waals surface area contributed by atoms with E-state index in [0.29, 0.717) is 12.6 Å². The fraction of sp³-hybridized carbons (Fsp3) is 0.917. The number of carbonyl (C=O) groups is 1. The molecule has 4 heteroatoms. The lowest BCUT2D eigenvalue weighted by Gasteiger charge is -2.45. The molecule has 1 amide bonds. The molecule has 1 fully saturated rings. The Balaban J connectivity index is 2.65. The van der Waals surface area contributed by atoms with E-state index in [9.17, 15) is 4.79 Å². The number of amides is 1. The van der Waals surface area contributed by atoms with Gasteiger partial charge >= 0.3 is 0 Å². The lowest BCUT2D eigenvalue weighted by molar-refractivity contribution is -0.140. The van der Waals surface area contributed by atoms with E-state index in [2.05, 4.69) is 31.0 Å². The molecule has 0 spiro atoms. The lowest BCUT2D eigenvalue weighted by atomic mass is 10.0. The molecular weight excluding hydrogens is 202 g/mol. The van der Waals surface area contributed by atoms with Crippen molar-refractivity contribution in [2.45, 2.75) is 38.8 Å². The Morgan fingerprint density at radius 1 is 1.44 bits per heavy atom. The Kier molecular flexibility index (Phi) is 4.33. The van der Waals surface area contributed by atoms with Crippen molar-refractivity contribution in [1.29, 1.82) is 0 Å². The smallest absolute Gasteiger partial charge is 0.236 e. The van der Waals surface area contributed by atoms with E-state index < -0.39 is 0 Å². The maximum atomic E-state index is 11.9. The number of likely N-dealkylation sites (N-methyl/N-ethyl adjacent to an activating group) is 1. The summed E-state index contributed by atoms with van der Waals surface area (Å²) >= 11 is 0. The van der Waals surface area contributed by atoms with Crippen LogP contribution < -0.4 is 5.32 Å². The minimum absolute atomic E-state index is 0.0782. The first-order valence-corrected chi connectivity index (χ1v) is 6.01. The molecule has 94 valence electrons. The largest absolute Gasteiger partial charge is 0.340 e. The molecule has 0 radical (unpaired) electrons. The van der Waals surface area contributed by atoms with Crippen LogP contribution in [-0.2, 0) is 4.79 Å². The number of nitrogens with one attached hydrogen (secondary N) is 1. The van der Waals surface area contributed by atoms with Crippen LogP contribution in [0.4, 0.5) is 0 Å². The molecule has 0 aliphatic carbocycles. The molecule has 16 heavy (non-hydrogen) atoms. The minimum atomic E-state index is 0.0782. The van der Waals surface area contributed by atoms with Gasteiger partial charge in [0.1, 0.15) is 0 Å². The molecule has 0 aromatic rings. The highest BCUT2D eigenvalue weighted by Crippen LogP contribution is 2.20. The van der Waals surface area contributed by atoms with Crippen molar-refractivity contribution in [1.82, 2.24) is 15.1 Å². The van der Waals surface area contributed by atoms with Gasteiger partial charge in [0.15, 0.2) is 0 Å². The molecule has 1 saturated heterocycles. The molecule has 1 unspecified atom stereocenters. The molecule has 0 aromatic carbocycles. The molecular formula is C12H25N3O. The van der Waals surface area contributed by atoms with Gasteiger partial charge in [0.05, 0.1) is 6.54 Å². The van der Waals surface area contributed by atoms with Gasteiger partial charge in [-0.05, 0) is 40.8 Å². The van der Waals surface area contributed by atoms with Crippen molar-refractivity contribution >= 4 is 5.91 Å². The number of hydrogen-bond acceptors (Lipinski definition) is 3. The van der Waals surface area contributed by atoms with Crippen LogP contribution in [-0.4, -0.2) is 61.0 Å². The van der Waals surface area contributed by atoms with Gasteiger partial charge in [0.25, 0.3) is 0 Å². The van der Waals surface area contributed by atoms with Gasteiger partial charge in [0, 0.05) is 25.2 Å². The SMILES string of the molecule is CNCCC1CN(C(C)(C)C)CC(=O)N1C. The molecule has 1 heterocycles. The Labute approximate surface area is 99.0 Å². The molecule has 0 aromatic heterocycles. The zero-order valence-electron chi connectivity index (χ0n) is 11.2. The van der Waals surface area contributed by atoms with Crippen LogP contribution in [0.3, 0.4) is 0 Å². The third-order valence-electron chi connectivity index (χ3n) is 3.37. The van der Waals surface area contributed by atoms with Gasteiger partial charge in [-0.2, -0.15) is 0 Å². The predicted octanol–water partition coefficient (Wildman–Crippen LogP) is 0.537. The lowest BCUT2D eigenvalue weighted by Crippen LogP contribution is -2.59. The molecule has 1 N–H and O–H groups in total. The molecule has 1 rings (SSSR count). The van der Waals surface area contributed by atoms with Crippen LogP contribution in [0.25, 0.3) is 0 Å². The summed E-state index contributed by atoms with van der Waals surface area (Å²) in [6.45, 7) is 8.99. The van der Waals surface area contributed by atoms with Gasteiger partial charge in [-0.15, -0.1) is 0 Å². The summed E-state index contributed by atoms with van der Waals surface area (Å²) in [5.41, 5.74) is 0.0782. The van der Waals surface area contributed by atoms with Gasteiger partial charge < -0.3 is 10.2 Å². The van der Waals surface area contributed by atoms with Crippen LogP contribution in [0.5, 0.6) is 0 Å². The van der Waals surface area contributed by atoms with Crippen molar-refractivity contribution in [2.75, 3.05) is 33.7 Å². The van der Waals surface area contributed by atoms with Crippen LogP contribution in [0.15, 0.2) is 0 Å². The minimum Gasteiger partial charge on any atom is -0.340 e. The van der Waals surface area contributed by atoms with E-state index in [0.717, 1.165) is 19.5 Å².